The molecule has 2 rings (SSSR count). The molecule has 0 heterocycles. The SMILES string of the molecule is CCOCC1(COCc2ccccc2)CCC1. The fraction of sp³-hybridized carbons (Fsp3) is 0.600. The largest absolute Gasteiger partial charge is 0.381 e. The predicted octanol–water partition coefficient (Wildman–Crippen LogP) is 3.41. The van der Waals surface area contributed by atoms with Crippen LogP contribution in [0.25, 0.3) is 0 Å². The molecule has 0 aliphatic heterocycles. The Hall–Kier alpha value is -0.860. The Morgan fingerprint density at radius 1 is 1.06 bits per heavy atom. The normalized spacial score (nSPS) is 17.7. The lowest BCUT2D eigenvalue weighted by atomic mass is 9.70. The molecular weight excluding hydrogens is 212 g/mol. The van der Waals surface area contributed by atoms with E-state index in [0.29, 0.717) is 12.0 Å². The van der Waals surface area contributed by atoms with Crippen LogP contribution in [-0.4, -0.2) is 19.8 Å². The van der Waals surface area contributed by atoms with E-state index in [0.717, 1.165) is 19.8 Å². The van der Waals surface area contributed by atoms with Gasteiger partial charge in [0.2, 0.25) is 0 Å². The topological polar surface area (TPSA) is 18.5 Å². The first-order chi connectivity index (χ1) is 8.35. The Morgan fingerprint density at radius 3 is 2.35 bits per heavy atom. The van der Waals surface area contributed by atoms with Gasteiger partial charge in [-0.3, -0.25) is 0 Å². The highest BCUT2D eigenvalue weighted by molar-refractivity contribution is 5.13. The van der Waals surface area contributed by atoms with E-state index in [9.17, 15) is 0 Å². The monoisotopic (exact) mass is 234 g/mol. The first kappa shape index (κ1) is 12.6. The van der Waals surface area contributed by atoms with Crippen molar-refractivity contribution in [3.8, 4) is 0 Å². The van der Waals surface area contributed by atoms with Gasteiger partial charge >= 0.3 is 0 Å². The Morgan fingerprint density at radius 2 is 1.76 bits per heavy atom. The Bertz CT molecular complexity index is 317. The van der Waals surface area contributed by atoms with E-state index in [1.807, 2.05) is 6.07 Å². The van der Waals surface area contributed by atoms with Crippen molar-refractivity contribution in [3.63, 3.8) is 0 Å². The summed E-state index contributed by atoms with van der Waals surface area (Å²) >= 11 is 0. The second-order valence-electron chi connectivity index (χ2n) is 4.97. The average molecular weight is 234 g/mol. The van der Waals surface area contributed by atoms with Crippen LogP contribution in [0.5, 0.6) is 0 Å². The quantitative estimate of drug-likeness (QED) is 0.719. The van der Waals surface area contributed by atoms with Gasteiger partial charge in [0.15, 0.2) is 0 Å². The van der Waals surface area contributed by atoms with Crippen LogP contribution in [-0.2, 0) is 16.1 Å². The first-order valence-corrected chi connectivity index (χ1v) is 6.54. The van der Waals surface area contributed by atoms with Crippen LogP contribution in [0.15, 0.2) is 30.3 Å². The van der Waals surface area contributed by atoms with Gasteiger partial charge in [-0.2, -0.15) is 0 Å². The molecule has 0 radical (unpaired) electrons. The van der Waals surface area contributed by atoms with Gasteiger partial charge in [0.25, 0.3) is 0 Å². The molecule has 1 aliphatic rings. The maximum Gasteiger partial charge on any atom is 0.0717 e. The summed E-state index contributed by atoms with van der Waals surface area (Å²) in [4.78, 5) is 0. The lowest BCUT2D eigenvalue weighted by Gasteiger charge is -2.41. The molecule has 0 spiro atoms. The smallest absolute Gasteiger partial charge is 0.0717 e. The molecule has 2 heteroatoms. The predicted molar refractivity (Wildman–Crippen MR) is 68.9 cm³/mol. The molecule has 1 fully saturated rings. The zero-order valence-electron chi connectivity index (χ0n) is 10.7. The van der Waals surface area contributed by atoms with Crippen molar-refractivity contribution >= 4 is 0 Å². The molecule has 0 aromatic heterocycles. The van der Waals surface area contributed by atoms with E-state index < -0.39 is 0 Å². The van der Waals surface area contributed by atoms with E-state index in [1.54, 1.807) is 0 Å². The fourth-order valence-electron chi connectivity index (χ4n) is 2.29. The van der Waals surface area contributed by atoms with Crippen LogP contribution in [0.3, 0.4) is 0 Å². The van der Waals surface area contributed by atoms with Gasteiger partial charge in [0.1, 0.15) is 0 Å². The molecule has 17 heavy (non-hydrogen) atoms. The van der Waals surface area contributed by atoms with Crippen LogP contribution in [0.4, 0.5) is 0 Å². The van der Waals surface area contributed by atoms with Gasteiger partial charge in [-0.1, -0.05) is 36.8 Å². The molecule has 0 bridgehead atoms. The minimum absolute atomic E-state index is 0.310. The van der Waals surface area contributed by atoms with Crippen LogP contribution in [0, 0.1) is 5.41 Å². The molecule has 1 saturated carbocycles. The molecule has 1 aromatic carbocycles. The molecule has 0 unspecified atom stereocenters. The zero-order valence-corrected chi connectivity index (χ0v) is 10.7. The molecule has 2 nitrogen and oxygen atoms in total. The molecule has 0 atom stereocenters. The second kappa shape index (κ2) is 6.18. The van der Waals surface area contributed by atoms with Crippen molar-refractivity contribution in [3.05, 3.63) is 35.9 Å². The molecule has 94 valence electrons. The Labute approximate surface area is 104 Å². The number of hydrogen-bond donors (Lipinski definition) is 0. The van der Waals surface area contributed by atoms with Crippen molar-refractivity contribution in [2.45, 2.75) is 32.8 Å². The maximum absolute atomic E-state index is 5.84. The maximum atomic E-state index is 5.84. The highest BCUT2D eigenvalue weighted by atomic mass is 16.5. The lowest BCUT2D eigenvalue weighted by Crippen LogP contribution is -2.39. The standard InChI is InChI=1S/C15H22O2/c1-2-16-12-15(9-6-10-15)13-17-11-14-7-4-3-5-8-14/h3-5,7-8H,2,6,9-13H2,1H3. The first-order valence-electron chi connectivity index (χ1n) is 6.54. The number of rotatable bonds is 7. The summed E-state index contributed by atoms with van der Waals surface area (Å²) in [7, 11) is 0. The fourth-order valence-corrected chi connectivity index (χ4v) is 2.29. The van der Waals surface area contributed by atoms with Crippen LogP contribution >= 0.6 is 0 Å². The summed E-state index contributed by atoms with van der Waals surface area (Å²) in [6.07, 6.45) is 3.82. The van der Waals surface area contributed by atoms with Crippen molar-refractivity contribution in [2.75, 3.05) is 19.8 Å². The van der Waals surface area contributed by atoms with Gasteiger partial charge in [-0.25, -0.2) is 0 Å². The van der Waals surface area contributed by atoms with E-state index in [-0.39, 0.29) is 0 Å². The summed E-state index contributed by atoms with van der Waals surface area (Å²) in [6.45, 7) is 5.27. The summed E-state index contributed by atoms with van der Waals surface area (Å²) < 4.78 is 11.4. The number of benzene rings is 1. The van der Waals surface area contributed by atoms with Crippen molar-refractivity contribution in [1.29, 1.82) is 0 Å². The van der Waals surface area contributed by atoms with E-state index in [2.05, 4.69) is 31.2 Å². The summed E-state index contributed by atoms with van der Waals surface area (Å²) in [5, 5.41) is 0. The molecule has 0 N–H and O–H groups in total. The van der Waals surface area contributed by atoms with Crippen LogP contribution in [0.2, 0.25) is 0 Å². The third-order valence-corrected chi connectivity index (χ3v) is 3.55. The third kappa shape index (κ3) is 3.55. The third-order valence-electron chi connectivity index (χ3n) is 3.55. The van der Waals surface area contributed by atoms with Crippen molar-refractivity contribution in [2.24, 2.45) is 5.41 Å². The molecule has 1 aromatic rings. The molecule has 1 aliphatic carbocycles. The van der Waals surface area contributed by atoms with Gasteiger partial charge in [0, 0.05) is 12.0 Å². The molecule has 0 saturated heterocycles. The van der Waals surface area contributed by atoms with Gasteiger partial charge in [-0.05, 0) is 25.3 Å². The van der Waals surface area contributed by atoms with Crippen molar-refractivity contribution < 1.29 is 9.47 Å². The lowest BCUT2D eigenvalue weighted by molar-refractivity contribution is -0.0678. The molecular formula is C15H22O2. The van der Waals surface area contributed by atoms with Gasteiger partial charge in [0.05, 0.1) is 19.8 Å². The Balaban J connectivity index is 1.73. The summed E-state index contributed by atoms with van der Waals surface area (Å²) in [6, 6.07) is 10.4. The van der Waals surface area contributed by atoms with E-state index in [1.165, 1.54) is 24.8 Å². The van der Waals surface area contributed by atoms with Crippen LogP contribution < -0.4 is 0 Å². The average Bonchev–Trinajstić information content (AvgIpc) is 2.33. The summed E-state index contributed by atoms with van der Waals surface area (Å²) in [5.41, 5.74) is 1.56. The van der Waals surface area contributed by atoms with E-state index >= 15 is 0 Å². The minimum atomic E-state index is 0.310. The second-order valence-corrected chi connectivity index (χ2v) is 4.97. The molecule has 0 amide bonds. The number of ether oxygens (including phenoxy) is 2. The van der Waals surface area contributed by atoms with Gasteiger partial charge < -0.3 is 9.47 Å². The number of hydrogen-bond acceptors (Lipinski definition) is 2. The van der Waals surface area contributed by atoms with Crippen molar-refractivity contribution in [1.82, 2.24) is 0 Å². The van der Waals surface area contributed by atoms with Crippen LogP contribution in [0.1, 0.15) is 31.7 Å². The highest BCUT2D eigenvalue weighted by Crippen LogP contribution is 2.41. The summed E-state index contributed by atoms with van der Waals surface area (Å²) in [5.74, 6) is 0. The van der Waals surface area contributed by atoms with E-state index in [4.69, 9.17) is 9.47 Å². The Kier molecular flexibility index (Phi) is 4.57. The highest BCUT2D eigenvalue weighted by Gasteiger charge is 2.37. The zero-order chi connectivity index (χ0) is 12.0. The van der Waals surface area contributed by atoms with Gasteiger partial charge in [-0.15, -0.1) is 0 Å². The minimum Gasteiger partial charge on any atom is -0.381 e.